The Morgan fingerprint density at radius 3 is 2.70 bits per heavy atom. The fourth-order valence-corrected chi connectivity index (χ4v) is 0.955. The van der Waals surface area contributed by atoms with Crippen LogP contribution in [-0.2, 0) is 4.84 Å². The molecular formula is C6H15N3O. The summed E-state index contributed by atoms with van der Waals surface area (Å²) in [5, 5.41) is 5.20. The maximum Gasteiger partial charge on any atom is 0.0807 e. The molecule has 60 valence electrons. The monoisotopic (exact) mass is 145 g/mol. The quantitative estimate of drug-likeness (QED) is 0.523. The molecule has 1 fully saturated rings. The highest BCUT2D eigenvalue weighted by Crippen LogP contribution is 1.91. The minimum atomic E-state index is 0.601. The molecule has 3 N–H and O–H groups in total. The Kier molecular flexibility index (Phi) is 3.67. The number of hydrogen-bond acceptors (Lipinski definition) is 4. The molecule has 10 heavy (non-hydrogen) atoms. The smallest absolute Gasteiger partial charge is 0.0807 e. The first-order chi connectivity index (χ1) is 4.93. The van der Waals surface area contributed by atoms with Crippen molar-refractivity contribution in [3.8, 4) is 0 Å². The predicted molar refractivity (Wildman–Crippen MR) is 39.4 cm³/mol. The van der Waals surface area contributed by atoms with Crippen LogP contribution in [0.25, 0.3) is 0 Å². The van der Waals surface area contributed by atoms with Gasteiger partial charge < -0.3 is 11.1 Å². The standard InChI is InChI=1S/C6H15N3O/c7-1-6-10-9-4-2-8-3-5-9/h8H,1-7H2. The number of nitrogens with zero attached hydrogens (tertiary/aromatic N) is 1. The number of nitrogens with two attached hydrogens (primary N) is 1. The molecule has 0 bridgehead atoms. The lowest BCUT2D eigenvalue weighted by atomic mass is 10.4. The first-order valence-electron chi connectivity index (χ1n) is 3.72. The maximum atomic E-state index is 5.30. The first kappa shape index (κ1) is 7.94. The van der Waals surface area contributed by atoms with Crippen LogP contribution in [0.2, 0.25) is 0 Å². The van der Waals surface area contributed by atoms with Gasteiger partial charge in [0.25, 0.3) is 0 Å². The highest BCUT2D eigenvalue weighted by Gasteiger charge is 2.08. The van der Waals surface area contributed by atoms with Crippen molar-refractivity contribution in [3.05, 3.63) is 0 Å². The van der Waals surface area contributed by atoms with E-state index in [0.29, 0.717) is 13.2 Å². The van der Waals surface area contributed by atoms with Crippen molar-refractivity contribution < 1.29 is 4.84 Å². The van der Waals surface area contributed by atoms with Gasteiger partial charge in [-0.25, -0.2) is 0 Å². The molecule has 0 atom stereocenters. The van der Waals surface area contributed by atoms with Gasteiger partial charge in [0.2, 0.25) is 0 Å². The van der Waals surface area contributed by atoms with Crippen LogP contribution in [0.4, 0.5) is 0 Å². The molecule has 4 heteroatoms. The molecule has 4 nitrogen and oxygen atoms in total. The van der Waals surface area contributed by atoms with Crippen molar-refractivity contribution in [2.75, 3.05) is 39.3 Å². The third-order valence-electron chi connectivity index (χ3n) is 1.47. The van der Waals surface area contributed by atoms with E-state index < -0.39 is 0 Å². The number of rotatable bonds is 3. The van der Waals surface area contributed by atoms with Crippen molar-refractivity contribution in [1.82, 2.24) is 10.4 Å². The second-order valence-electron chi connectivity index (χ2n) is 2.30. The molecule has 0 aromatic heterocycles. The fourth-order valence-electron chi connectivity index (χ4n) is 0.955. The zero-order valence-electron chi connectivity index (χ0n) is 6.18. The summed E-state index contributed by atoms with van der Waals surface area (Å²) < 4.78 is 0. The Bertz CT molecular complexity index is 83.1. The minimum Gasteiger partial charge on any atom is -0.328 e. The molecule has 0 spiro atoms. The third-order valence-corrected chi connectivity index (χ3v) is 1.47. The van der Waals surface area contributed by atoms with Crippen molar-refractivity contribution in [3.63, 3.8) is 0 Å². The van der Waals surface area contributed by atoms with Crippen molar-refractivity contribution in [2.45, 2.75) is 0 Å². The summed E-state index contributed by atoms with van der Waals surface area (Å²) in [7, 11) is 0. The zero-order chi connectivity index (χ0) is 7.23. The van der Waals surface area contributed by atoms with Gasteiger partial charge >= 0.3 is 0 Å². The summed E-state index contributed by atoms with van der Waals surface area (Å²) in [6, 6.07) is 0. The molecular weight excluding hydrogens is 130 g/mol. The van der Waals surface area contributed by atoms with Crippen LogP contribution in [-0.4, -0.2) is 44.4 Å². The fraction of sp³-hybridized carbons (Fsp3) is 1.00. The van der Waals surface area contributed by atoms with Gasteiger partial charge in [0, 0.05) is 32.7 Å². The molecule has 1 heterocycles. The number of piperazine rings is 1. The zero-order valence-corrected chi connectivity index (χ0v) is 6.18. The summed E-state index contributed by atoms with van der Waals surface area (Å²) >= 11 is 0. The first-order valence-corrected chi connectivity index (χ1v) is 3.72. The summed E-state index contributed by atoms with van der Waals surface area (Å²) in [5.74, 6) is 0. The molecule has 1 rings (SSSR count). The molecule has 0 aromatic rings. The number of hydroxylamine groups is 2. The summed E-state index contributed by atoms with van der Waals surface area (Å²) in [6.07, 6.45) is 0. The predicted octanol–water partition coefficient (Wildman–Crippen LogP) is -1.22. The van der Waals surface area contributed by atoms with Gasteiger partial charge in [-0.15, -0.1) is 0 Å². The van der Waals surface area contributed by atoms with E-state index in [4.69, 9.17) is 10.6 Å². The Hall–Kier alpha value is -0.160. The van der Waals surface area contributed by atoms with E-state index in [0.717, 1.165) is 26.2 Å². The van der Waals surface area contributed by atoms with Crippen LogP contribution in [0.5, 0.6) is 0 Å². The molecule has 0 aliphatic carbocycles. The Morgan fingerprint density at radius 1 is 1.40 bits per heavy atom. The van der Waals surface area contributed by atoms with Crippen LogP contribution >= 0.6 is 0 Å². The van der Waals surface area contributed by atoms with Gasteiger partial charge in [-0.1, -0.05) is 0 Å². The third kappa shape index (κ3) is 2.62. The highest BCUT2D eigenvalue weighted by atomic mass is 16.7. The van der Waals surface area contributed by atoms with Crippen molar-refractivity contribution >= 4 is 0 Å². The van der Waals surface area contributed by atoms with Crippen molar-refractivity contribution in [1.29, 1.82) is 0 Å². The van der Waals surface area contributed by atoms with Crippen LogP contribution in [0.3, 0.4) is 0 Å². The second kappa shape index (κ2) is 4.62. The largest absolute Gasteiger partial charge is 0.328 e. The summed E-state index contributed by atoms with van der Waals surface area (Å²) in [6.45, 7) is 5.22. The SMILES string of the molecule is NCCON1CCNCC1. The summed E-state index contributed by atoms with van der Waals surface area (Å²) in [4.78, 5) is 5.30. The topological polar surface area (TPSA) is 50.5 Å². The molecule has 0 aromatic carbocycles. The molecule has 1 aliphatic heterocycles. The Morgan fingerprint density at radius 2 is 2.10 bits per heavy atom. The molecule has 1 aliphatic rings. The lowest BCUT2D eigenvalue weighted by Gasteiger charge is -2.25. The Balaban J connectivity index is 2.02. The maximum absolute atomic E-state index is 5.30. The van der Waals surface area contributed by atoms with E-state index in [9.17, 15) is 0 Å². The van der Waals surface area contributed by atoms with Crippen LogP contribution in [0.15, 0.2) is 0 Å². The molecule has 0 amide bonds. The number of hydrogen-bond donors (Lipinski definition) is 2. The van der Waals surface area contributed by atoms with Crippen molar-refractivity contribution in [2.24, 2.45) is 5.73 Å². The molecule has 0 unspecified atom stereocenters. The average molecular weight is 145 g/mol. The van der Waals surface area contributed by atoms with Gasteiger partial charge in [0.15, 0.2) is 0 Å². The highest BCUT2D eigenvalue weighted by molar-refractivity contribution is 4.59. The van der Waals surface area contributed by atoms with Crippen LogP contribution < -0.4 is 11.1 Å². The average Bonchev–Trinajstić information content (AvgIpc) is 2.03. The van der Waals surface area contributed by atoms with E-state index >= 15 is 0 Å². The van der Waals surface area contributed by atoms with E-state index in [-0.39, 0.29) is 0 Å². The van der Waals surface area contributed by atoms with Crippen LogP contribution in [0.1, 0.15) is 0 Å². The molecule has 1 saturated heterocycles. The molecule has 0 saturated carbocycles. The molecule has 0 radical (unpaired) electrons. The summed E-state index contributed by atoms with van der Waals surface area (Å²) in [5.41, 5.74) is 5.28. The van der Waals surface area contributed by atoms with Crippen LogP contribution in [0, 0.1) is 0 Å². The van der Waals surface area contributed by atoms with E-state index in [1.807, 2.05) is 5.06 Å². The lowest BCUT2D eigenvalue weighted by molar-refractivity contribution is -0.161. The van der Waals surface area contributed by atoms with Gasteiger partial charge in [-0.2, -0.15) is 5.06 Å². The Labute approximate surface area is 61.3 Å². The van der Waals surface area contributed by atoms with Gasteiger partial charge in [0.1, 0.15) is 0 Å². The second-order valence-corrected chi connectivity index (χ2v) is 2.30. The lowest BCUT2D eigenvalue weighted by Crippen LogP contribution is -2.43. The minimum absolute atomic E-state index is 0.601. The van der Waals surface area contributed by atoms with E-state index in [2.05, 4.69) is 5.32 Å². The number of nitrogens with one attached hydrogen (secondary N) is 1. The van der Waals surface area contributed by atoms with E-state index in [1.54, 1.807) is 0 Å². The normalized spacial score (nSPS) is 21.3. The van der Waals surface area contributed by atoms with E-state index in [1.165, 1.54) is 0 Å². The van der Waals surface area contributed by atoms with Gasteiger partial charge in [-0.3, -0.25) is 4.84 Å². The van der Waals surface area contributed by atoms with Gasteiger partial charge in [-0.05, 0) is 0 Å². The van der Waals surface area contributed by atoms with Gasteiger partial charge in [0.05, 0.1) is 6.61 Å².